The molecule has 1 aromatic rings. The molecule has 0 aromatic heterocycles. The van der Waals surface area contributed by atoms with Crippen molar-refractivity contribution in [2.24, 2.45) is 5.92 Å². The summed E-state index contributed by atoms with van der Waals surface area (Å²) in [6.07, 6.45) is 4.07. The fraction of sp³-hybridized carbons (Fsp3) is 0.562. The number of rotatable bonds is 3. The van der Waals surface area contributed by atoms with E-state index in [1.165, 1.54) is 12.8 Å². The number of ether oxygens (including phenoxy) is 1. The summed E-state index contributed by atoms with van der Waals surface area (Å²) in [5, 5.41) is 3.37. The Morgan fingerprint density at radius 3 is 2.95 bits per heavy atom. The van der Waals surface area contributed by atoms with Gasteiger partial charge in [-0.05, 0) is 50.4 Å². The van der Waals surface area contributed by atoms with Gasteiger partial charge in [-0.15, -0.1) is 0 Å². The quantitative estimate of drug-likeness (QED) is 0.918. The zero-order valence-electron chi connectivity index (χ0n) is 11.8. The lowest BCUT2D eigenvalue weighted by Gasteiger charge is -2.30. The Kier molecular flexibility index (Phi) is 4.21. The summed E-state index contributed by atoms with van der Waals surface area (Å²) in [5.74, 6) is 1.77. The van der Waals surface area contributed by atoms with Crippen LogP contribution in [0.1, 0.15) is 25.7 Å². The van der Waals surface area contributed by atoms with Crippen molar-refractivity contribution in [1.82, 2.24) is 5.32 Å². The van der Waals surface area contributed by atoms with Crippen molar-refractivity contribution >= 4 is 11.6 Å². The van der Waals surface area contributed by atoms with Crippen LogP contribution >= 0.6 is 0 Å². The summed E-state index contributed by atoms with van der Waals surface area (Å²) >= 11 is 0. The molecular weight excluding hydrogens is 252 g/mol. The van der Waals surface area contributed by atoms with E-state index in [0.29, 0.717) is 25.5 Å². The van der Waals surface area contributed by atoms with Gasteiger partial charge in [-0.1, -0.05) is 12.1 Å². The fourth-order valence-electron chi connectivity index (χ4n) is 3.06. The first kappa shape index (κ1) is 13.4. The van der Waals surface area contributed by atoms with Crippen LogP contribution in [0.15, 0.2) is 24.3 Å². The number of fused-ring (bicyclic) bond motifs is 1. The number of nitrogens with zero attached hydrogens (tertiary/aromatic N) is 1. The third-order valence-electron chi connectivity index (χ3n) is 4.25. The summed E-state index contributed by atoms with van der Waals surface area (Å²) in [5.41, 5.74) is 0.925. The Labute approximate surface area is 120 Å². The molecule has 0 radical (unpaired) electrons. The minimum Gasteiger partial charge on any atom is -0.490 e. The summed E-state index contributed by atoms with van der Waals surface area (Å²) in [4.78, 5) is 14.3. The number of hydrogen-bond donors (Lipinski definition) is 1. The van der Waals surface area contributed by atoms with Crippen molar-refractivity contribution in [2.75, 3.05) is 31.1 Å². The minimum absolute atomic E-state index is 0.235. The molecule has 0 unspecified atom stereocenters. The number of anilines is 1. The van der Waals surface area contributed by atoms with Crippen LogP contribution in [0.2, 0.25) is 0 Å². The molecule has 1 saturated heterocycles. The van der Waals surface area contributed by atoms with E-state index in [-0.39, 0.29) is 5.91 Å². The molecule has 0 aliphatic carbocycles. The molecule has 4 heteroatoms. The molecule has 2 aliphatic heterocycles. The molecule has 1 amide bonds. The predicted molar refractivity (Wildman–Crippen MR) is 79.1 cm³/mol. The summed E-state index contributed by atoms with van der Waals surface area (Å²) < 4.78 is 5.60. The SMILES string of the molecule is O=C(CCC1CCNCC1)N1CCOc2ccccc21. The normalized spacial score (nSPS) is 19.3. The third kappa shape index (κ3) is 2.96. The molecule has 0 atom stereocenters. The van der Waals surface area contributed by atoms with Gasteiger partial charge in [0, 0.05) is 6.42 Å². The van der Waals surface area contributed by atoms with Gasteiger partial charge in [0.25, 0.3) is 0 Å². The number of hydrogen-bond acceptors (Lipinski definition) is 3. The van der Waals surface area contributed by atoms with E-state index in [9.17, 15) is 4.79 Å². The van der Waals surface area contributed by atoms with Gasteiger partial charge in [0.05, 0.1) is 12.2 Å². The zero-order valence-corrected chi connectivity index (χ0v) is 11.8. The molecule has 108 valence electrons. The lowest BCUT2D eigenvalue weighted by molar-refractivity contribution is -0.119. The molecule has 2 aliphatic rings. The van der Waals surface area contributed by atoms with Crippen molar-refractivity contribution < 1.29 is 9.53 Å². The van der Waals surface area contributed by atoms with Crippen molar-refractivity contribution in [1.29, 1.82) is 0 Å². The van der Waals surface area contributed by atoms with Gasteiger partial charge in [0.2, 0.25) is 5.91 Å². The van der Waals surface area contributed by atoms with Gasteiger partial charge < -0.3 is 15.0 Å². The molecule has 4 nitrogen and oxygen atoms in total. The van der Waals surface area contributed by atoms with Gasteiger partial charge in [-0.2, -0.15) is 0 Å². The Bertz CT molecular complexity index is 469. The largest absolute Gasteiger partial charge is 0.490 e. The Hall–Kier alpha value is -1.55. The standard InChI is InChI=1S/C16H22N2O2/c19-16(6-5-13-7-9-17-10-8-13)18-11-12-20-15-4-2-1-3-14(15)18/h1-4,13,17H,5-12H2. The van der Waals surface area contributed by atoms with Gasteiger partial charge in [0.1, 0.15) is 12.4 Å². The van der Waals surface area contributed by atoms with E-state index >= 15 is 0 Å². The molecule has 1 N–H and O–H groups in total. The van der Waals surface area contributed by atoms with E-state index < -0.39 is 0 Å². The Balaban J connectivity index is 1.60. The van der Waals surface area contributed by atoms with Crippen LogP contribution in [0.4, 0.5) is 5.69 Å². The van der Waals surface area contributed by atoms with Crippen molar-refractivity contribution in [3.05, 3.63) is 24.3 Å². The molecule has 1 aromatic carbocycles. The van der Waals surface area contributed by atoms with E-state index in [0.717, 1.165) is 30.9 Å². The number of carbonyl (C=O) groups excluding carboxylic acids is 1. The average molecular weight is 274 g/mol. The molecule has 1 fully saturated rings. The minimum atomic E-state index is 0.235. The molecule has 20 heavy (non-hydrogen) atoms. The van der Waals surface area contributed by atoms with Gasteiger partial charge >= 0.3 is 0 Å². The van der Waals surface area contributed by atoms with Crippen LogP contribution in [-0.4, -0.2) is 32.1 Å². The second-order valence-corrected chi connectivity index (χ2v) is 5.59. The number of benzene rings is 1. The Morgan fingerprint density at radius 1 is 1.30 bits per heavy atom. The number of para-hydroxylation sites is 2. The maximum atomic E-state index is 12.5. The zero-order chi connectivity index (χ0) is 13.8. The lowest BCUT2D eigenvalue weighted by Crippen LogP contribution is -2.38. The smallest absolute Gasteiger partial charge is 0.227 e. The van der Waals surface area contributed by atoms with Crippen molar-refractivity contribution in [3.8, 4) is 5.75 Å². The maximum Gasteiger partial charge on any atom is 0.227 e. The number of nitrogens with one attached hydrogen (secondary N) is 1. The van der Waals surface area contributed by atoms with Gasteiger partial charge in [0.15, 0.2) is 0 Å². The van der Waals surface area contributed by atoms with Crippen LogP contribution in [0, 0.1) is 5.92 Å². The first-order chi connectivity index (χ1) is 9.84. The van der Waals surface area contributed by atoms with E-state index in [1.54, 1.807) is 0 Å². The average Bonchev–Trinajstić information content (AvgIpc) is 2.53. The summed E-state index contributed by atoms with van der Waals surface area (Å²) in [7, 11) is 0. The van der Waals surface area contributed by atoms with Gasteiger partial charge in [-0.25, -0.2) is 0 Å². The second-order valence-electron chi connectivity index (χ2n) is 5.59. The molecule has 2 heterocycles. The van der Waals surface area contributed by atoms with Gasteiger partial charge in [-0.3, -0.25) is 4.79 Å². The highest BCUT2D eigenvalue weighted by Crippen LogP contribution is 2.31. The van der Waals surface area contributed by atoms with Crippen molar-refractivity contribution in [3.63, 3.8) is 0 Å². The molecule has 0 bridgehead atoms. The molecule has 0 saturated carbocycles. The van der Waals surface area contributed by atoms with Crippen LogP contribution in [0.5, 0.6) is 5.75 Å². The highest BCUT2D eigenvalue weighted by molar-refractivity contribution is 5.95. The first-order valence-corrected chi connectivity index (χ1v) is 7.57. The topological polar surface area (TPSA) is 41.6 Å². The first-order valence-electron chi connectivity index (χ1n) is 7.57. The second kappa shape index (κ2) is 6.27. The van der Waals surface area contributed by atoms with E-state index in [1.807, 2.05) is 29.2 Å². The van der Waals surface area contributed by atoms with Crippen LogP contribution < -0.4 is 15.0 Å². The number of piperidine rings is 1. The molecular formula is C16H22N2O2. The van der Waals surface area contributed by atoms with E-state index in [2.05, 4.69) is 5.32 Å². The van der Waals surface area contributed by atoms with E-state index in [4.69, 9.17) is 4.74 Å². The van der Waals surface area contributed by atoms with Crippen LogP contribution in [0.25, 0.3) is 0 Å². The highest BCUT2D eigenvalue weighted by Gasteiger charge is 2.24. The number of amides is 1. The highest BCUT2D eigenvalue weighted by atomic mass is 16.5. The third-order valence-corrected chi connectivity index (χ3v) is 4.25. The summed E-state index contributed by atoms with van der Waals surface area (Å²) in [6, 6.07) is 7.81. The Morgan fingerprint density at radius 2 is 2.10 bits per heavy atom. The lowest BCUT2D eigenvalue weighted by atomic mass is 9.93. The van der Waals surface area contributed by atoms with Crippen LogP contribution in [-0.2, 0) is 4.79 Å². The molecule has 0 spiro atoms. The molecule has 3 rings (SSSR count). The predicted octanol–water partition coefficient (Wildman–Crippen LogP) is 2.19. The fourth-order valence-corrected chi connectivity index (χ4v) is 3.06. The van der Waals surface area contributed by atoms with Crippen molar-refractivity contribution in [2.45, 2.75) is 25.7 Å². The maximum absolute atomic E-state index is 12.5. The number of carbonyl (C=O) groups is 1. The van der Waals surface area contributed by atoms with Crippen LogP contribution in [0.3, 0.4) is 0 Å². The monoisotopic (exact) mass is 274 g/mol. The summed E-state index contributed by atoms with van der Waals surface area (Å²) in [6.45, 7) is 3.46.